The molecule has 0 saturated carbocycles. The van der Waals surface area contributed by atoms with Gasteiger partial charge < -0.3 is 0 Å². The molecule has 0 atom stereocenters. The molecule has 0 N–H and O–H groups in total. The minimum Gasteiger partial charge on any atom is -0.256 e. The van der Waals surface area contributed by atoms with E-state index in [9.17, 15) is 0 Å². The Morgan fingerprint density at radius 2 is 0.374 bits per heavy atom. The summed E-state index contributed by atoms with van der Waals surface area (Å²) in [5.74, 6) is 0. The van der Waals surface area contributed by atoms with Crippen molar-refractivity contribution < 1.29 is 0 Å². The Labute approximate surface area is 582 Å². The monoisotopic (exact) mass is 1270 g/mol. The highest BCUT2D eigenvalue weighted by atomic mass is 14.7. The fraction of sp³-hybridized carbons (Fsp3) is 0.155. The number of rotatable bonds is 8. The van der Waals surface area contributed by atoms with Crippen LogP contribution in [0.5, 0.6) is 0 Å². The van der Waals surface area contributed by atoms with Crippen LogP contribution >= 0.6 is 0 Å². The summed E-state index contributed by atoms with van der Waals surface area (Å²) in [6, 6.07) is 102. The number of benzene rings is 12. The summed E-state index contributed by atoms with van der Waals surface area (Å²) in [6.07, 6.45) is 3.79. The Bertz CT molecular complexity index is 5450. The zero-order valence-corrected chi connectivity index (χ0v) is 58.0. The van der Waals surface area contributed by atoms with E-state index >= 15 is 0 Å². The SMILES string of the molecule is CC1(C)c2cc(-c3ccc4c(c3)C(C)(C)c3cc(-c5cc(-c6ccccn6)ccc5-c5ccc6c(c5)C(C)(C)c5ccccc5-6)ccc3-4)ccc2-c2ccc(-c3ccc4c(c3)C(C)(C)c3cc(-c5cc(-c6ccccn6)ccc5-c5ccc6c(c5)C(C)(C)c5ccccc5-6)ccc3-4)cc21. The fourth-order valence-corrected chi connectivity index (χ4v) is 18.5. The lowest BCUT2D eigenvalue weighted by molar-refractivity contribution is 0.659. The van der Waals surface area contributed by atoms with Crippen LogP contribution in [0.15, 0.2) is 279 Å². The quantitative estimate of drug-likeness (QED) is 0.152. The van der Waals surface area contributed by atoms with Crippen molar-refractivity contribution in [2.75, 3.05) is 0 Å². The van der Waals surface area contributed by atoms with Gasteiger partial charge in [-0.05, 0) is 263 Å². The summed E-state index contributed by atoms with van der Waals surface area (Å²) < 4.78 is 0. The second-order valence-corrected chi connectivity index (χ2v) is 31.2. The molecule has 2 aromatic heterocycles. The number of hydrogen-bond acceptors (Lipinski definition) is 2. The lowest BCUT2D eigenvalue weighted by atomic mass is 9.79. The third-order valence-corrected chi connectivity index (χ3v) is 24.1. The van der Waals surface area contributed by atoms with Crippen LogP contribution in [-0.4, -0.2) is 9.97 Å². The molecule has 0 bridgehead atoms. The van der Waals surface area contributed by atoms with Crippen LogP contribution < -0.4 is 0 Å². The van der Waals surface area contributed by atoms with Gasteiger partial charge >= 0.3 is 0 Å². The van der Waals surface area contributed by atoms with Gasteiger partial charge in [0.05, 0.1) is 11.4 Å². The van der Waals surface area contributed by atoms with Crippen molar-refractivity contribution in [2.45, 2.75) is 96.3 Å². The van der Waals surface area contributed by atoms with Gasteiger partial charge in [-0.25, -0.2) is 0 Å². The first kappa shape index (κ1) is 59.2. The Balaban J connectivity index is 0.620. The summed E-state index contributed by atoms with van der Waals surface area (Å²) in [6.45, 7) is 24.0. The minimum absolute atomic E-state index is 0.101. The summed E-state index contributed by atoms with van der Waals surface area (Å²) >= 11 is 0. The standard InChI is InChI=1S/C97H76N2/c1-93(2)81-21-13-11-19-69(81)71-41-29-61(53-87(71)93)67-35-33-65(91-23-15-17-45-98-91)47-79(67)63-31-43-77-75-39-27-59(51-85(75)96(7,8)89(77)55-63)57-25-37-73-74-38-26-58(50-84(74)95(5,6)83(73)49-57)60-28-40-76-78-44-32-64(56-90(78)97(9,10)86(76)52-60)80-48-66(92-24-16-18-46-99-92)34-36-68(80)62-30-42-72-70-20-12-14-22-82(70)94(3,4)88(72)54-62/h11-56H,1-10H3. The average Bonchev–Trinajstić information content (AvgIpc) is 1.61. The Morgan fingerprint density at radius 3 is 0.657 bits per heavy atom. The van der Waals surface area contributed by atoms with Crippen molar-refractivity contribution in [1.82, 2.24) is 9.97 Å². The van der Waals surface area contributed by atoms with Gasteiger partial charge in [-0.15, -0.1) is 0 Å². The summed E-state index contributed by atoms with van der Waals surface area (Å²) in [4.78, 5) is 9.64. The first-order valence-corrected chi connectivity index (χ1v) is 35.3. The molecule has 0 fully saturated rings. The molecule has 14 aromatic rings. The molecule has 0 radical (unpaired) electrons. The zero-order valence-electron chi connectivity index (χ0n) is 58.0. The largest absolute Gasteiger partial charge is 0.256 e. The van der Waals surface area contributed by atoms with Crippen LogP contribution in [-0.2, 0) is 27.1 Å². The number of nitrogens with zero attached hydrogens (tertiary/aromatic N) is 2. The van der Waals surface area contributed by atoms with Gasteiger partial charge in [0.2, 0.25) is 0 Å². The van der Waals surface area contributed by atoms with E-state index in [0.717, 1.165) is 22.5 Å². The molecule has 5 aliphatic carbocycles. The predicted molar refractivity (Wildman–Crippen MR) is 413 cm³/mol. The predicted octanol–water partition coefficient (Wildman–Crippen LogP) is 25.3. The summed E-state index contributed by atoms with van der Waals surface area (Å²) in [5.41, 5.74) is 45.0. The van der Waals surface area contributed by atoms with E-state index in [1.807, 2.05) is 24.5 Å². The molecule has 99 heavy (non-hydrogen) atoms. The molecule has 12 aromatic carbocycles. The first-order valence-electron chi connectivity index (χ1n) is 35.3. The number of fused-ring (bicyclic) bond motifs is 15. The molecule has 0 saturated heterocycles. The van der Waals surface area contributed by atoms with Gasteiger partial charge in [-0.1, -0.05) is 251 Å². The van der Waals surface area contributed by atoms with Gasteiger partial charge in [-0.3, -0.25) is 9.97 Å². The van der Waals surface area contributed by atoms with Crippen molar-refractivity contribution in [2.24, 2.45) is 0 Å². The molecule has 2 nitrogen and oxygen atoms in total. The normalized spacial score (nSPS) is 15.6. The Morgan fingerprint density at radius 1 is 0.162 bits per heavy atom. The van der Waals surface area contributed by atoms with E-state index in [2.05, 4.69) is 324 Å². The van der Waals surface area contributed by atoms with Crippen molar-refractivity contribution in [3.05, 3.63) is 335 Å². The smallest absolute Gasteiger partial charge is 0.0702 e. The molecular weight excluding hydrogens is 1190 g/mol. The highest BCUT2D eigenvalue weighted by molar-refractivity contribution is 5.96. The topological polar surface area (TPSA) is 25.8 Å². The molecule has 0 aliphatic heterocycles. The molecule has 5 aliphatic rings. The number of pyridine rings is 2. The van der Waals surface area contributed by atoms with E-state index in [1.54, 1.807) is 0 Å². The molecule has 2 heterocycles. The summed E-state index contributed by atoms with van der Waals surface area (Å²) in [5, 5.41) is 0. The fourth-order valence-electron chi connectivity index (χ4n) is 18.5. The molecule has 474 valence electrons. The van der Waals surface area contributed by atoms with Crippen molar-refractivity contribution in [3.63, 3.8) is 0 Å². The van der Waals surface area contributed by atoms with Crippen LogP contribution in [0.2, 0.25) is 0 Å². The molecule has 2 heteroatoms. The lowest BCUT2D eigenvalue weighted by Gasteiger charge is -2.24. The van der Waals surface area contributed by atoms with Crippen LogP contribution in [0, 0.1) is 0 Å². The molecule has 0 spiro atoms. The van der Waals surface area contributed by atoms with Gasteiger partial charge in [0, 0.05) is 50.6 Å². The number of aromatic nitrogens is 2. The van der Waals surface area contributed by atoms with Gasteiger partial charge in [0.25, 0.3) is 0 Å². The van der Waals surface area contributed by atoms with E-state index < -0.39 is 0 Å². The third kappa shape index (κ3) is 8.67. The maximum absolute atomic E-state index is 4.82. The highest BCUT2D eigenvalue weighted by Gasteiger charge is 2.42. The van der Waals surface area contributed by atoms with Crippen LogP contribution in [0.25, 0.3) is 145 Å². The Hall–Kier alpha value is -11.1. The molecule has 0 unspecified atom stereocenters. The summed E-state index contributed by atoms with van der Waals surface area (Å²) in [7, 11) is 0. The zero-order chi connectivity index (χ0) is 67.2. The maximum atomic E-state index is 4.82. The lowest BCUT2D eigenvalue weighted by Crippen LogP contribution is -2.16. The Kier molecular flexibility index (Phi) is 12.6. The van der Waals surface area contributed by atoms with E-state index in [-0.39, 0.29) is 27.1 Å². The molecular formula is C97H76N2. The first-order chi connectivity index (χ1) is 47.8. The van der Waals surface area contributed by atoms with Crippen LogP contribution in [0.3, 0.4) is 0 Å². The average molecular weight is 1270 g/mol. The second-order valence-electron chi connectivity index (χ2n) is 31.2. The highest BCUT2D eigenvalue weighted by Crippen LogP contribution is 2.58. The van der Waals surface area contributed by atoms with E-state index in [1.165, 1.54) is 178 Å². The third-order valence-electron chi connectivity index (χ3n) is 24.1. The maximum Gasteiger partial charge on any atom is 0.0702 e. The van der Waals surface area contributed by atoms with Crippen molar-refractivity contribution in [3.8, 4) is 145 Å². The van der Waals surface area contributed by atoms with E-state index in [0.29, 0.717) is 0 Å². The molecule has 19 rings (SSSR count). The second kappa shape index (κ2) is 21.0. The van der Waals surface area contributed by atoms with Crippen LogP contribution in [0.4, 0.5) is 0 Å². The minimum atomic E-state index is -0.243. The molecule has 0 amide bonds. The van der Waals surface area contributed by atoms with Gasteiger partial charge in [-0.2, -0.15) is 0 Å². The number of hydrogen-bond donors (Lipinski definition) is 0. The van der Waals surface area contributed by atoms with E-state index in [4.69, 9.17) is 9.97 Å². The van der Waals surface area contributed by atoms with Gasteiger partial charge in [0.15, 0.2) is 0 Å². The van der Waals surface area contributed by atoms with Crippen molar-refractivity contribution in [1.29, 1.82) is 0 Å². The van der Waals surface area contributed by atoms with Gasteiger partial charge in [0.1, 0.15) is 0 Å². The van der Waals surface area contributed by atoms with Crippen LogP contribution in [0.1, 0.15) is 125 Å². The van der Waals surface area contributed by atoms with Crippen molar-refractivity contribution >= 4 is 0 Å².